The maximum atomic E-state index is 12.6. The fraction of sp³-hybridized carbons (Fsp3) is 0.444. The Labute approximate surface area is 145 Å². The zero-order valence-electron chi connectivity index (χ0n) is 14.1. The molecule has 7 heteroatoms. The third kappa shape index (κ3) is 5.70. The van der Waals surface area contributed by atoms with Crippen LogP contribution in [0.2, 0.25) is 0 Å². The van der Waals surface area contributed by atoms with Crippen molar-refractivity contribution in [2.75, 3.05) is 6.54 Å². The molecule has 4 nitrogen and oxygen atoms in total. The monoisotopic (exact) mass is 353 g/mol. The Morgan fingerprint density at radius 3 is 2.60 bits per heavy atom. The summed E-state index contributed by atoms with van der Waals surface area (Å²) in [7, 11) is 0. The number of halogens is 3. The fourth-order valence-corrected chi connectivity index (χ4v) is 2.48. The van der Waals surface area contributed by atoms with Crippen molar-refractivity contribution in [1.29, 1.82) is 0 Å². The number of alkyl halides is 3. The van der Waals surface area contributed by atoms with Crippen LogP contribution < -0.4 is 5.32 Å². The SMILES string of the molecule is C=CCC(CC)CCNCc1noc(-c2ccc(C(F)(F)F)cc2)n1. The molecule has 0 aliphatic heterocycles. The average Bonchev–Trinajstić information content (AvgIpc) is 3.06. The van der Waals surface area contributed by atoms with Gasteiger partial charge in [-0.3, -0.25) is 0 Å². The Balaban J connectivity index is 1.86. The van der Waals surface area contributed by atoms with E-state index in [0.29, 0.717) is 23.9 Å². The highest BCUT2D eigenvalue weighted by molar-refractivity contribution is 5.53. The van der Waals surface area contributed by atoms with E-state index in [9.17, 15) is 13.2 Å². The number of nitrogens with zero attached hydrogens (tertiary/aromatic N) is 2. The Kier molecular flexibility index (Phi) is 6.75. The van der Waals surface area contributed by atoms with Crippen LogP contribution >= 0.6 is 0 Å². The molecule has 1 N–H and O–H groups in total. The molecule has 1 aromatic carbocycles. The lowest BCUT2D eigenvalue weighted by Crippen LogP contribution is -2.18. The van der Waals surface area contributed by atoms with Crippen LogP contribution in [0.25, 0.3) is 11.5 Å². The average molecular weight is 353 g/mol. The summed E-state index contributed by atoms with van der Waals surface area (Å²) < 4.78 is 42.8. The number of aromatic nitrogens is 2. The highest BCUT2D eigenvalue weighted by atomic mass is 19.4. The van der Waals surface area contributed by atoms with Crippen LogP contribution in [0.1, 0.15) is 37.6 Å². The van der Waals surface area contributed by atoms with Gasteiger partial charge in [-0.15, -0.1) is 6.58 Å². The van der Waals surface area contributed by atoms with Gasteiger partial charge in [0.1, 0.15) is 0 Å². The molecule has 2 rings (SSSR count). The lowest BCUT2D eigenvalue weighted by Gasteiger charge is -2.11. The van der Waals surface area contributed by atoms with Gasteiger partial charge in [0.2, 0.25) is 0 Å². The van der Waals surface area contributed by atoms with Gasteiger partial charge < -0.3 is 9.84 Å². The van der Waals surface area contributed by atoms with E-state index >= 15 is 0 Å². The predicted octanol–water partition coefficient (Wildman–Crippen LogP) is 4.84. The standard InChI is InChI=1S/C18H22F3N3O/c1-3-5-13(4-2)10-11-22-12-16-23-17(25-24-16)14-6-8-15(9-7-14)18(19,20)21/h3,6-9,13,22H,1,4-5,10-12H2,2H3. The zero-order chi connectivity index (χ0) is 18.3. The van der Waals surface area contributed by atoms with Crippen LogP contribution in [-0.2, 0) is 12.7 Å². The van der Waals surface area contributed by atoms with E-state index in [-0.39, 0.29) is 5.89 Å². The molecular formula is C18H22F3N3O. The molecule has 0 saturated heterocycles. The van der Waals surface area contributed by atoms with Crippen molar-refractivity contribution in [3.05, 3.63) is 48.3 Å². The van der Waals surface area contributed by atoms with Crippen molar-refractivity contribution in [2.45, 2.75) is 38.9 Å². The maximum Gasteiger partial charge on any atom is 0.416 e. The number of benzene rings is 1. The maximum absolute atomic E-state index is 12.6. The van der Waals surface area contributed by atoms with Crippen molar-refractivity contribution < 1.29 is 17.7 Å². The van der Waals surface area contributed by atoms with Crippen LogP contribution in [0.5, 0.6) is 0 Å². The second-order valence-corrected chi connectivity index (χ2v) is 5.85. The molecule has 0 saturated carbocycles. The molecule has 0 amide bonds. The third-order valence-electron chi connectivity index (χ3n) is 4.02. The molecule has 1 atom stereocenters. The Bertz CT molecular complexity index is 665. The van der Waals surface area contributed by atoms with Gasteiger partial charge in [-0.25, -0.2) is 0 Å². The van der Waals surface area contributed by atoms with Crippen molar-refractivity contribution in [3.8, 4) is 11.5 Å². The van der Waals surface area contributed by atoms with E-state index in [2.05, 4.69) is 29.0 Å². The number of nitrogens with one attached hydrogen (secondary N) is 1. The summed E-state index contributed by atoms with van der Waals surface area (Å²) in [4.78, 5) is 4.21. The molecule has 0 aliphatic carbocycles. The van der Waals surface area contributed by atoms with Gasteiger partial charge in [0, 0.05) is 5.56 Å². The largest absolute Gasteiger partial charge is 0.416 e. The molecule has 0 spiro atoms. The molecule has 0 fully saturated rings. The van der Waals surface area contributed by atoms with Gasteiger partial charge in [-0.05, 0) is 49.6 Å². The highest BCUT2D eigenvalue weighted by Crippen LogP contribution is 2.30. The Morgan fingerprint density at radius 1 is 1.28 bits per heavy atom. The van der Waals surface area contributed by atoms with E-state index in [1.54, 1.807) is 0 Å². The molecule has 1 heterocycles. The first kappa shape index (κ1) is 19.2. The molecular weight excluding hydrogens is 331 g/mol. The van der Waals surface area contributed by atoms with Crippen molar-refractivity contribution >= 4 is 0 Å². The second kappa shape index (κ2) is 8.80. The second-order valence-electron chi connectivity index (χ2n) is 5.85. The highest BCUT2D eigenvalue weighted by Gasteiger charge is 2.30. The Hall–Kier alpha value is -2.15. The summed E-state index contributed by atoms with van der Waals surface area (Å²) in [6, 6.07) is 4.66. The minimum atomic E-state index is -4.36. The number of allylic oxidation sites excluding steroid dienone is 1. The lowest BCUT2D eigenvalue weighted by molar-refractivity contribution is -0.137. The van der Waals surface area contributed by atoms with Crippen LogP contribution in [0.3, 0.4) is 0 Å². The molecule has 136 valence electrons. The number of rotatable bonds is 9. The van der Waals surface area contributed by atoms with Gasteiger partial charge >= 0.3 is 6.18 Å². The first-order valence-electron chi connectivity index (χ1n) is 8.25. The first-order chi connectivity index (χ1) is 11.9. The zero-order valence-corrected chi connectivity index (χ0v) is 14.1. The van der Waals surface area contributed by atoms with Crippen molar-refractivity contribution in [3.63, 3.8) is 0 Å². The van der Waals surface area contributed by atoms with Crippen LogP contribution in [0, 0.1) is 5.92 Å². The van der Waals surface area contributed by atoms with Gasteiger partial charge in [0.05, 0.1) is 12.1 Å². The van der Waals surface area contributed by atoms with Crippen LogP contribution in [0.4, 0.5) is 13.2 Å². The molecule has 1 aromatic heterocycles. The smallest absolute Gasteiger partial charge is 0.334 e. The summed E-state index contributed by atoms with van der Waals surface area (Å²) in [6.45, 7) is 7.20. The molecule has 25 heavy (non-hydrogen) atoms. The number of hydrogen-bond acceptors (Lipinski definition) is 4. The summed E-state index contributed by atoms with van der Waals surface area (Å²) in [6.07, 6.45) is 0.715. The fourth-order valence-electron chi connectivity index (χ4n) is 2.48. The molecule has 0 aliphatic rings. The van der Waals surface area contributed by atoms with Gasteiger partial charge in [0.15, 0.2) is 5.82 Å². The number of hydrogen-bond donors (Lipinski definition) is 1. The Morgan fingerprint density at radius 2 is 2.00 bits per heavy atom. The minimum absolute atomic E-state index is 0.212. The summed E-state index contributed by atoms with van der Waals surface area (Å²) in [5.41, 5.74) is -0.244. The first-order valence-corrected chi connectivity index (χ1v) is 8.25. The molecule has 1 unspecified atom stereocenters. The van der Waals surface area contributed by atoms with Crippen LogP contribution in [0.15, 0.2) is 41.4 Å². The van der Waals surface area contributed by atoms with E-state index in [0.717, 1.165) is 37.9 Å². The topological polar surface area (TPSA) is 51.0 Å². The van der Waals surface area contributed by atoms with Crippen molar-refractivity contribution in [1.82, 2.24) is 15.5 Å². The van der Waals surface area contributed by atoms with E-state index in [1.807, 2.05) is 6.08 Å². The van der Waals surface area contributed by atoms with E-state index < -0.39 is 11.7 Å². The molecule has 0 bridgehead atoms. The summed E-state index contributed by atoms with van der Waals surface area (Å²) in [5.74, 6) is 1.30. The van der Waals surface area contributed by atoms with Crippen LogP contribution in [-0.4, -0.2) is 16.7 Å². The minimum Gasteiger partial charge on any atom is -0.334 e. The van der Waals surface area contributed by atoms with Gasteiger partial charge in [-0.2, -0.15) is 18.2 Å². The van der Waals surface area contributed by atoms with Gasteiger partial charge in [-0.1, -0.05) is 24.6 Å². The van der Waals surface area contributed by atoms with E-state index in [4.69, 9.17) is 4.52 Å². The quantitative estimate of drug-likeness (QED) is 0.518. The van der Waals surface area contributed by atoms with Gasteiger partial charge in [0.25, 0.3) is 5.89 Å². The molecule has 0 radical (unpaired) electrons. The van der Waals surface area contributed by atoms with E-state index in [1.165, 1.54) is 12.1 Å². The molecule has 2 aromatic rings. The third-order valence-corrected chi connectivity index (χ3v) is 4.02. The predicted molar refractivity (Wildman–Crippen MR) is 89.7 cm³/mol. The summed E-state index contributed by atoms with van der Waals surface area (Å²) >= 11 is 0. The van der Waals surface area contributed by atoms with Crippen molar-refractivity contribution in [2.24, 2.45) is 5.92 Å². The summed E-state index contributed by atoms with van der Waals surface area (Å²) in [5, 5.41) is 7.10. The lowest BCUT2D eigenvalue weighted by atomic mass is 9.99. The normalized spacial score (nSPS) is 13.0.